The van der Waals surface area contributed by atoms with Gasteiger partial charge < -0.3 is 15.5 Å². The van der Waals surface area contributed by atoms with Crippen LogP contribution in [0.1, 0.15) is 19.4 Å². The number of benzene rings is 1. The van der Waals surface area contributed by atoms with Crippen LogP contribution in [0.25, 0.3) is 0 Å². The van der Waals surface area contributed by atoms with Crippen molar-refractivity contribution in [2.75, 3.05) is 36.8 Å². The number of piperazine rings is 1. The average Bonchev–Trinajstić information content (AvgIpc) is 2.64. The molecule has 1 aromatic heterocycles. The van der Waals surface area contributed by atoms with E-state index in [-0.39, 0.29) is 11.9 Å². The summed E-state index contributed by atoms with van der Waals surface area (Å²) in [4.78, 5) is 26.0. The largest absolute Gasteiger partial charge is 0.368 e. The highest BCUT2D eigenvalue weighted by molar-refractivity contribution is 7.99. The lowest BCUT2D eigenvalue weighted by molar-refractivity contribution is -0.129. The number of hydrogen-bond acceptors (Lipinski definition) is 6. The SMILES string of the molecule is CCc1ccc(Sc2cnc(N)nc2N2CCN(C(C)=O)CC2)c(Cl)c1. The fourth-order valence-corrected chi connectivity index (χ4v) is 4.09. The summed E-state index contributed by atoms with van der Waals surface area (Å²) in [6.07, 6.45) is 2.69. The summed E-state index contributed by atoms with van der Waals surface area (Å²) in [6, 6.07) is 6.10. The standard InChI is InChI=1S/C18H22ClN5OS/c1-3-13-4-5-15(14(19)10-13)26-16-11-21-18(20)22-17(16)24-8-6-23(7-9-24)12(2)25/h4-5,10-11H,3,6-9H2,1-2H3,(H2,20,21,22). The summed E-state index contributed by atoms with van der Waals surface area (Å²) < 4.78 is 0. The third-order valence-corrected chi connectivity index (χ3v) is 5.91. The first kappa shape index (κ1) is 18.8. The predicted molar refractivity (Wildman–Crippen MR) is 106 cm³/mol. The van der Waals surface area contributed by atoms with Crippen LogP contribution < -0.4 is 10.6 Å². The zero-order valence-corrected chi connectivity index (χ0v) is 16.5. The fraction of sp³-hybridized carbons (Fsp3) is 0.389. The third kappa shape index (κ3) is 4.22. The molecule has 0 spiro atoms. The third-order valence-electron chi connectivity index (χ3n) is 4.40. The summed E-state index contributed by atoms with van der Waals surface area (Å²) in [5, 5.41) is 0.721. The number of amides is 1. The number of aromatic nitrogens is 2. The number of hydrogen-bond donors (Lipinski definition) is 1. The number of rotatable bonds is 4. The van der Waals surface area contributed by atoms with E-state index < -0.39 is 0 Å². The molecule has 3 rings (SSSR count). The number of nitrogens with zero attached hydrogens (tertiary/aromatic N) is 4. The van der Waals surface area contributed by atoms with E-state index in [9.17, 15) is 4.79 Å². The van der Waals surface area contributed by atoms with Crippen molar-refractivity contribution in [2.45, 2.75) is 30.1 Å². The molecule has 1 aliphatic rings. The van der Waals surface area contributed by atoms with E-state index in [1.165, 1.54) is 17.3 Å². The number of aryl methyl sites for hydroxylation is 1. The highest BCUT2D eigenvalue weighted by Crippen LogP contribution is 2.38. The molecule has 0 atom stereocenters. The Bertz CT molecular complexity index is 808. The molecule has 8 heteroatoms. The molecule has 0 radical (unpaired) electrons. The van der Waals surface area contributed by atoms with Gasteiger partial charge >= 0.3 is 0 Å². The normalized spacial score (nSPS) is 14.6. The molecule has 0 saturated carbocycles. The Kier molecular flexibility index (Phi) is 5.88. The van der Waals surface area contributed by atoms with Crippen molar-refractivity contribution in [2.24, 2.45) is 0 Å². The van der Waals surface area contributed by atoms with Gasteiger partial charge in [0.15, 0.2) is 0 Å². The van der Waals surface area contributed by atoms with Crippen molar-refractivity contribution in [1.82, 2.24) is 14.9 Å². The molecular formula is C18H22ClN5OS. The van der Waals surface area contributed by atoms with Gasteiger partial charge in [-0.25, -0.2) is 4.98 Å². The Morgan fingerprint density at radius 3 is 2.62 bits per heavy atom. The van der Waals surface area contributed by atoms with Crippen LogP contribution in [0.15, 0.2) is 34.2 Å². The number of carbonyl (C=O) groups excluding carboxylic acids is 1. The number of nitrogen functional groups attached to an aromatic ring is 1. The Balaban J connectivity index is 1.84. The van der Waals surface area contributed by atoms with Gasteiger partial charge in [0.05, 0.1) is 9.92 Å². The van der Waals surface area contributed by atoms with Crippen molar-refractivity contribution in [3.05, 3.63) is 35.0 Å². The van der Waals surface area contributed by atoms with Gasteiger partial charge in [0.1, 0.15) is 5.82 Å². The van der Waals surface area contributed by atoms with Gasteiger partial charge in [-0.1, -0.05) is 36.4 Å². The van der Waals surface area contributed by atoms with Crippen LogP contribution in [-0.2, 0) is 11.2 Å². The van der Waals surface area contributed by atoms with Crippen molar-refractivity contribution in [1.29, 1.82) is 0 Å². The van der Waals surface area contributed by atoms with Crippen LogP contribution in [0.2, 0.25) is 5.02 Å². The van der Waals surface area contributed by atoms with E-state index in [1.54, 1.807) is 13.1 Å². The monoisotopic (exact) mass is 391 g/mol. The molecule has 1 fully saturated rings. The van der Waals surface area contributed by atoms with Crippen LogP contribution in [0.4, 0.5) is 11.8 Å². The lowest BCUT2D eigenvalue weighted by Crippen LogP contribution is -2.48. The van der Waals surface area contributed by atoms with Gasteiger partial charge in [-0.15, -0.1) is 0 Å². The van der Waals surface area contributed by atoms with E-state index >= 15 is 0 Å². The molecule has 0 unspecified atom stereocenters. The number of anilines is 2. The summed E-state index contributed by atoms with van der Waals surface area (Å²) in [5.41, 5.74) is 7.02. The van der Waals surface area contributed by atoms with Crippen LogP contribution in [0, 0.1) is 0 Å². The summed E-state index contributed by atoms with van der Waals surface area (Å²) in [5.74, 6) is 1.14. The van der Waals surface area contributed by atoms with E-state index in [0.29, 0.717) is 26.2 Å². The second kappa shape index (κ2) is 8.14. The minimum Gasteiger partial charge on any atom is -0.368 e. The summed E-state index contributed by atoms with van der Waals surface area (Å²) in [7, 11) is 0. The molecular weight excluding hydrogens is 370 g/mol. The Hall–Kier alpha value is -1.99. The van der Waals surface area contributed by atoms with Crippen LogP contribution in [0.3, 0.4) is 0 Å². The van der Waals surface area contributed by atoms with Gasteiger partial charge in [0.2, 0.25) is 11.9 Å². The van der Waals surface area contributed by atoms with Crippen molar-refractivity contribution >= 4 is 41.0 Å². The number of halogens is 1. The maximum absolute atomic E-state index is 11.5. The van der Waals surface area contributed by atoms with E-state index in [1.807, 2.05) is 17.0 Å². The molecule has 1 amide bonds. The van der Waals surface area contributed by atoms with E-state index in [2.05, 4.69) is 27.9 Å². The second-order valence-electron chi connectivity index (χ2n) is 6.13. The molecule has 0 aliphatic carbocycles. The van der Waals surface area contributed by atoms with Crippen LogP contribution >= 0.6 is 23.4 Å². The Labute approximate surface area is 162 Å². The molecule has 26 heavy (non-hydrogen) atoms. The molecule has 0 bridgehead atoms. The maximum atomic E-state index is 11.5. The number of carbonyl (C=O) groups is 1. The maximum Gasteiger partial charge on any atom is 0.222 e. The molecule has 1 saturated heterocycles. The Morgan fingerprint density at radius 1 is 1.27 bits per heavy atom. The minimum absolute atomic E-state index is 0.101. The topological polar surface area (TPSA) is 75.3 Å². The second-order valence-corrected chi connectivity index (χ2v) is 7.62. The average molecular weight is 392 g/mol. The lowest BCUT2D eigenvalue weighted by atomic mass is 10.2. The summed E-state index contributed by atoms with van der Waals surface area (Å²) >= 11 is 7.97. The molecule has 6 nitrogen and oxygen atoms in total. The van der Waals surface area contributed by atoms with E-state index in [0.717, 1.165) is 27.1 Å². The number of nitrogens with two attached hydrogens (primary N) is 1. The quantitative estimate of drug-likeness (QED) is 0.863. The Morgan fingerprint density at radius 2 is 2.00 bits per heavy atom. The van der Waals surface area contributed by atoms with Gasteiger partial charge in [-0.05, 0) is 24.1 Å². The molecule has 2 aromatic rings. The first-order chi connectivity index (χ1) is 12.5. The first-order valence-electron chi connectivity index (χ1n) is 8.57. The molecule has 1 aliphatic heterocycles. The minimum atomic E-state index is 0.101. The highest BCUT2D eigenvalue weighted by atomic mass is 35.5. The van der Waals surface area contributed by atoms with Crippen molar-refractivity contribution < 1.29 is 4.79 Å². The van der Waals surface area contributed by atoms with Crippen LogP contribution in [0.5, 0.6) is 0 Å². The van der Waals surface area contributed by atoms with Gasteiger partial charge in [-0.3, -0.25) is 4.79 Å². The van der Waals surface area contributed by atoms with Crippen molar-refractivity contribution in [3.63, 3.8) is 0 Å². The van der Waals surface area contributed by atoms with Gasteiger partial charge in [0.25, 0.3) is 0 Å². The van der Waals surface area contributed by atoms with Crippen molar-refractivity contribution in [3.8, 4) is 0 Å². The fourth-order valence-electron chi connectivity index (χ4n) is 2.87. The highest BCUT2D eigenvalue weighted by Gasteiger charge is 2.23. The lowest BCUT2D eigenvalue weighted by Gasteiger charge is -2.35. The predicted octanol–water partition coefficient (Wildman–Crippen LogP) is 3.09. The molecule has 1 aromatic carbocycles. The first-order valence-corrected chi connectivity index (χ1v) is 9.76. The zero-order valence-electron chi connectivity index (χ0n) is 14.9. The zero-order chi connectivity index (χ0) is 18.7. The van der Waals surface area contributed by atoms with E-state index in [4.69, 9.17) is 17.3 Å². The smallest absolute Gasteiger partial charge is 0.222 e. The molecule has 2 N–H and O–H groups in total. The molecule has 138 valence electrons. The van der Waals surface area contributed by atoms with Gasteiger partial charge in [0, 0.05) is 44.2 Å². The molecule has 2 heterocycles. The van der Waals surface area contributed by atoms with Crippen LogP contribution in [-0.4, -0.2) is 47.0 Å². The van der Waals surface area contributed by atoms with Gasteiger partial charge in [-0.2, -0.15) is 4.98 Å². The summed E-state index contributed by atoms with van der Waals surface area (Å²) in [6.45, 7) is 6.48.